The maximum Gasteiger partial charge on any atom is 0.322 e. The molecule has 1 fully saturated rings. The Balaban J connectivity index is 1.54. The second-order valence-corrected chi connectivity index (χ2v) is 9.16. The van der Waals surface area contributed by atoms with Gasteiger partial charge in [-0.1, -0.05) is 35.9 Å². The highest BCUT2D eigenvalue weighted by Crippen LogP contribution is 2.38. The Morgan fingerprint density at radius 3 is 2.77 bits per heavy atom. The molecule has 3 heterocycles. The minimum absolute atomic E-state index is 0.122. The van der Waals surface area contributed by atoms with Crippen LogP contribution >= 0.6 is 11.6 Å². The average Bonchev–Trinajstić information content (AvgIpc) is 3.17. The first kappa shape index (κ1) is 24.8. The summed E-state index contributed by atoms with van der Waals surface area (Å²) in [5.74, 6) is -1.23. The zero-order chi connectivity index (χ0) is 25.1. The largest absolute Gasteiger partial charge is 0.466 e. The third-order valence-corrected chi connectivity index (χ3v) is 6.89. The fraction of sp³-hybridized carbons (Fsp3) is 0.440. The summed E-state index contributed by atoms with van der Waals surface area (Å²) in [6, 6.07) is 5.97. The lowest BCUT2D eigenvalue weighted by atomic mass is 9.95. The monoisotopic (exact) mass is 500 g/mol. The van der Waals surface area contributed by atoms with Gasteiger partial charge in [-0.3, -0.25) is 19.3 Å². The van der Waals surface area contributed by atoms with Gasteiger partial charge < -0.3 is 19.9 Å². The first-order valence-electron chi connectivity index (χ1n) is 11.8. The lowest BCUT2D eigenvalue weighted by Gasteiger charge is -2.33. The third-order valence-electron chi connectivity index (χ3n) is 6.54. The molecule has 0 unspecified atom stereocenters. The maximum absolute atomic E-state index is 13.5. The van der Waals surface area contributed by atoms with Gasteiger partial charge in [0.15, 0.2) is 0 Å². The molecule has 4 rings (SSSR count). The summed E-state index contributed by atoms with van der Waals surface area (Å²) in [5, 5.41) is 3.31. The van der Waals surface area contributed by atoms with E-state index in [-0.39, 0.29) is 55.9 Å². The van der Waals surface area contributed by atoms with Crippen molar-refractivity contribution in [2.24, 2.45) is 5.92 Å². The van der Waals surface area contributed by atoms with Crippen molar-refractivity contribution in [1.29, 1.82) is 0 Å². The summed E-state index contributed by atoms with van der Waals surface area (Å²) in [4.78, 5) is 56.3. The number of nitrogens with one attached hydrogen (secondary N) is 1. The van der Waals surface area contributed by atoms with Crippen LogP contribution in [0.1, 0.15) is 31.4 Å². The molecule has 0 aliphatic carbocycles. The molecular formula is C25H29ClN4O5. The van der Waals surface area contributed by atoms with E-state index in [0.717, 1.165) is 0 Å². The molecule has 0 radical (unpaired) electrons. The van der Waals surface area contributed by atoms with Gasteiger partial charge in [-0.25, -0.2) is 4.79 Å². The van der Waals surface area contributed by atoms with Crippen molar-refractivity contribution in [1.82, 2.24) is 20.0 Å². The average molecular weight is 501 g/mol. The molecule has 0 saturated carbocycles. The van der Waals surface area contributed by atoms with Crippen LogP contribution in [0.25, 0.3) is 0 Å². The second kappa shape index (κ2) is 10.5. The van der Waals surface area contributed by atoms with Gasteiger partial charge in [-0.2, -0.15) is 0 Å². The fourth-order valence-corrected chi connectivity index (χ4v) is 5.11. The number of esters is 1. The first-order valence-corrected chi connectivity index (χ1v) is 12.1. The van der Waals surface area contributed by atoms with Crippen molar-refractivity contribution in [3.05, 3.63) is 58.8 Å². The van der Waals surface area contributed by atoms with Crippen LogP contribution in [0.5, 0.6) is 0 Å². The molecule has 1 aromatic rings. The number of hydrogen-bond donors (Lipinski definition) is 1. The van der Waals surface area contributed by atoms with Crippen LogP contribution in [-0.2, 0) is 19.1 Å². The Morgan fingerprint density at radius 1 is 1.29 bits per heavy atom. The molecule has 186 valence electrons. The number of ether oxygens (including phenoxy) is 1. The Labute approximate surface area is 209 Å². The quantitative estimate of drug-likeness (QED) is 0.458. The predicted molar refractivity (Wildman–Crippen MR) is 129 cm³/mol. The molecule has 10 heteroatoms. The van der Waals surface area contributed by atoms with Gasteiger partial charge >= 0.3 is 12.0 Å². The third kappa shape index (κ3) is 4.91. The van der Waals surface area contributed by atoms with Gasteiger partial charge in [0.1, 0.15) is 6.54 Å². The van der Waals surface area contributed by atoms with E-state index in [0.29, 0.717) is 47.8 Å². The summed E-state index contributed by atoms with van der Waals surface area (Å²) in [5.41, 5.74) is 1.55. The number of carbonyl (C=O) groups excluding carboxylic acids is 4. The van der Waals surface area contributed by atoms with E-state index in [1.165, 1.54) is 9.80 Å². The summed E-state index contributed by atoms with van der Waals surface area (Å²) in [7, 11) is 0. The molecule has 35 heavy (non-hydrogen) atoms. The number of nitrogens with zero attached hydrogens (tertiary/aromatic N) is 3. The highest BCUT2D eigenvalue weighted by molar-refractivity contribution is 6.31. The topological polar surface area (TPSA) is 99.3 Å². The number of halogens is 1. The van der Waals surface area contributed by atoms with Gasteiger partial charge in [-0.05, 0) is 31.4 Å². The number of urea groups is 1. The van der Waals surface area contributed by atoms with Crippen molar-refractivity contribution in [3.63, 3.8) is 0 Å². The van der Waals surface area contributed by atoms with Crippen LogP contribution < -0.4 is 5.32 Å². The predicted octanol–water partition coefficient (Wildman–Crippen LogP) is 2.49. The van der Waals surface area contributed by atoms with E-state index in [4.69, 9.17) is 16.3 Å². The number of amides is 4. The molecule has 3 aliphatic heterocycles. The molecule has 0 bridgehead atoms. The Hall–Kier alpha value is -3.33. The van der Waals surface area contributed by atoms with E-state index in [9.17, 15) is 19.2 Å². The van der Waals surface area contributed by atoms with Crippen LogP contribution in [0.4, 0.5) is 4.79 Å². The lowest BCUT2D eigenvalue weighted by molar-refractivity contribution is -0.152. The van der Waals surface area contributed by atoms with Gasteiger partial charge in [0.05, 0.1) is 36.4 Å². The van der Waals surface area contributed by atoms with Crippen molar-refractivity contribution >= 4 is 35.4 Å². The summed E-state index contributed by atoms with van der Waals surface area (Å²) in [6.07, 6.45) is 2.95. The molecular weight excluding hydrogens is 472 g/mol. The number of rotatable bonds is 7. The molecule has 1 aromatic carbocycles. The molecule has 1 N–H and O–H groups in total. The molecule has 1 saturated heterocycles. The van der Waals surface area contributed by atoms with Crippen molar-refractivity contribution in [3.8, 4) is 0 Å². The molecule has 9 nitrogen and oxygen atoms in total. The molecule has 0 aromatic heterocycles. The van der Waals surface area contributed by atoms with Gasteiger partial charge in [0.25, 0.3) is 5.91 Å². The van der Waals surface area contributed by atoms with E-state index in [1.807, 2.05) is 0 Å². The normalized spacial score (nSPS) is 22.2. The smallest absolute Gasteiger partial charge is 0.322 e. The van der Waals surface area contributed by atoms with Crippen LogP contribution in [0.3, 0.4) is 0 Å². The highest BCUT2D eigenvalue weighted by Gasteiger charge is 2.45. The van der Waals surface area contributed by atoms with Crippen LogP contribution in [0.2, 0.25) is 5.02 Å². The molecule has 4 amide bonds. The Bertz CT molecular complexity index is 1090. The van der Waals surface area contributed by atoms with Crippen LogP contribution in [0.15, 0.2) is 48.2 Å². The Kier molecular flexibility index (Phi) is 7.45. The number of likely N-dealkylation sites (tertiary alicyclic amines) is 1. The maximum atomic E-state index is 13.5. The number of carbonyl (C=O) groups is 4. The zero-order valence-electron chi connectivity index (χ0n) is 19.7. The van der Waals surface area contributed by atoms with Gasteiger partial charge in [0.2, 0.25) is 5.91 Å². The number of hydrogen-bond acceptors (Lipinski definition) is 5. The fourth-order valence-electron chi connectivity index (χ4n) is 4.86. The van der Waals surface area contributed by atoms with E-state index < -0.39 is 6.04 Å². The van der Waals surface area contributed by atoms with Crippen LogP contribution in [-0.4, -0.2) is 77.8 Å². The standard InChI is InChI=1S/C25H29ClN4O5/c1-3-11-30-19-14-29(15-20(31)28-12-7-8-16(13-28)24(33)35-4-2)23(32)21(19)22(27-25(30)34)17-9-5-6-10-18(17)26/h3,5-6,9-10,16,22H,1,4,7-8,11-15H2,2H3,(H,27,34)/t16-,22-/m0/s1. The molecule has 0 spiro atoms. The molecule has 2 atom stereocenters. The van der Waals surface area contributed by atoms with E-state index in [1.54, 1.807) is 42.2 Å². The van der Waals surface area contributed by atoms with Crippen molar-refractivity contribution in [2.75, 3.05) is 39.3 Å². The van der Waals surface area contributed by atoms with E-state index >= 15 is 0 Å². The number of piperidine rings is 1. The number of benzene rings is 1. The van der Waals surface area contributed by atoms with E-state index in [2.05, 4.69) is 11.9 Å². The zero-order valence-corrected chi connectivity index (χ0v) is 20.4. The lowest BCUT2D eigenvalue weighted by Crippen LogP contribution is -2.47. The SMILES string of the molecule is C=CCN1C(=O)N[C@@H](c2ccccc2Cl)C2=C1CN(CC(=O)N1CCC[C@H](C(=O)OCC)C1)C2=O. The summed E-state index contributed by atoms with van der Waals surface area (Å²) < 4.78 is 5.12. The van der Waals surface area contributed by atoms with Gasteiger partial charge in [0, 0.05) is 24.7 Å². The minimum atomic E-state index is -0.719. The van der Waals surface area contributed by atoms with Crippen molar-refractivity contribution < 1.29 is 23.9 Å². The molecule has 3 aliphatic rings. The summed E-state index contributed by atoms with van der Waals surface area (Å²) >= 11 is 6.40. The van der Waals surface area contributed by atoms with Gasteiger partial charge in [-0.15, -0.1) is 6.58 Å². The second-order valence-electron chi connectivity index (χ2n) is 8.76. The minimum Gasteiger partial charge on any atom is -0.466 e. The Morgan fingerprint density at radius 2 is 2.06 bits per heavy atom. The first-order chi connectivity index (χ1) is 16.8. The summed E-state index contributed by atoms with van der Waals surface area (Å²) in [6.45, 7) is 6.76. The van der Waals surface area contributed by atoms with Crippen LogP contribution in [0, 0.1) is 5.92 Å². The van der Waals surface area contributed by atoms with Crippen molar-refractivity contribution in [2.45, 2.75) is 25.8 Å². The highest BCUT2D eigenvalue weighted by atomic mass is 35.5.